The maximum atomic E-state index is 4.75. The number of aromatic nitrogens is 4. The first-order valence-corrected chi connectivity index (χ1v) is 6.74. The van der Waals surface area contributed by atoms with Crippen LogP contribution in [0.1, 0.15) is 56.5 Å². The first-order valence-electron chi connectivity index (χ1n) is 6.74. The van der Waals surface area contributed by atoms with Crippen molar-refractivity contribution in [1.82, 2.24) is 19.7 Å². The fourth-order valence-corrected chi connectivity index (χ4v) is 2.69. The van der Waals surface area contributed by atoms with Gasteiger partial charge in [-0.2, -0.15) is 5.10 Å². The molecule has 2 aromatic heterocycles. The van der Waals surface area contributed by atoms with Crippen molar-refractivity contribution in [2.45, 2.75) is 44.9 Å². The predicted molar refractivity (Wildman–Crippen MR) is 72.7 cm³/mol. The minimum atomic E-state index is 0.424. The molecule has 0 saturated carbocycles. The SMILES string of the molecule is CC(C)c1nn(C)c2nc([C@@H]3CC=CCC3)[nH]c12. The van der Waals surface area contributed by atoms with E-state index in [9.17, 15) is 0 Å². The van der Waals surface area contributed by atoms with E-state index in [4.69, 9.17) is 4.98 Å². The molecule has 96 valence electrons. The van der Waals surface area contributed by atoms with Crippen LogP contribution in [0, 0.1) is 0 Å². The molecule has 0 radical (unpaired) electrons. The van der Waals surface area contributed by atoms with E-state index in [1.807, 2.05) is 11.7 Å². The highest BCUT2D eigenvalue weighted by atomic mass is 15.3. The van der Waals surface area contributed by atoms with Crippen LogP contribution in [0.25, 0.3) is 11.2 Å². The van der Waals surface area contributed by atoms with Gasteiger partial charge in [0.15, 0.2) is 5.65 Å². The lowest BCUT2D eigenvalue weighted by Gasteiger charge is -2.14. The number of hydrogen-bond donors (Lipinski definition) is 1. The van der Waals surface area contributed by atoms with Crippen LogP contribution >= 0.6 is 0 Å². The fourth-order valence-electron chi connectivity index (χ4n) is 2.69. The predicted octanol–water partition coefficient (Wildman–Crippen LogP) is 3.24. The Balaban J connectivity index is 2.05. The smallest absolute Gasteiger partial charge is 0.176 e. The highest BCUT2D eigenvalue weighted by Crippen LogP contribution is 2.30. The molecule has 0 fully saturated rings. The van der Waals surface area contributed by atoms with Gasteiger partial charge >= 0.3 is 0 Å². The lowest BCUT2D eigenvalue weighted by Crippen LogP contribution is -2.04. The molecular formula is C14H20N4. The lowest BCUT2D eigenvalue weighted by molar-refractivity contribution is 0.587. The molecule has 4 heteroatoms. The van der Waals surface area contributed by atoms with Gasteiger partial charge in [-0.3, -0.25) is 0 Å². The maximum Gasteiger partial charge on any atom is 0.176 e. The molecule has 1 aliphatic rings. The summed E-state index contributed by atoms with van der Waals surface area (Å²) >= 11 is 0. The number of allylic oxidation sites excluding steroid dienone is 2. The van der Waals surface area contributed by atoms with Gasteiger partial charge in [0.25, 0.3) is 0 Å². The van der Waals surface area contributed by atoms with Crippen LogP contribution in [0.15, 0.2) is 12.2 Å². The summed E-state index contributed by atoms with van der Waals surface area (Å²) in [6.07, 6.45) is 7.99. The molecule has 1 aliphatic carbocycles. The molecule has 2 heterocycles. The highest BCUT2D eigenvalue weighted by molar-refractivity contribution is 5.75. The normalized spacial score (nSPS) is 20.1. The Morgan fingerprint density at radius 2 is 2.22 bits per heavy atom. The summed E-state index contributed by atoms with van der Waals surface area (Å²) < 4.78 is 1.89. The minimum absolute atomic E-state index is 0.424. The number of rotatable bonds is 2. The van der Waals surface area contributed by atoms with Crippen LogP contribution in [-0.2, 0) is 7.05 Å². The van der Waals surface area contributed by atoms with E-state index in [2.05, 4.69) is 36.1 Å². The van der Waals surface area contributed by atoms with Gasteiger partial charge in [-0.15, -0.1) is 0 Å². The summed E-state index contributed by atoms with van der Waals surface area (Å²) in [4.78, 5) is 8.26. The van der Waals surface area contributed by atoms with Crippen molar-refractivity contribution in [3.63, 3.8) is 0 Å². The zero-order valence-corrected chi connectivity index (χ0v) is 11.3. The van der Waals surface area contributed by atoms with E-state index in [0.717, 1.165) is 35.5 Å². The van der Waals surface area contributed by atoms with Gasteiger partial charge in [0.1, 0.15) is 11.3 Å². The number of nitrogens with zero attached hydrogens (tertiary/aromatic N) is 3. The Kier molecular flexibility index (Phi) is 2.73. The number of nitrogens with one attached hydrogen (secondary N) is 1. The van der Waals surface area contributed by atoms with Crippen molar-refractivity contribution in [1.29, 1.82) is 0 Å². The first-order chi connectivity index (χ1) is 8.66. The van der Waals surface area contributed by atoms with Gasteiger partial charge in [0.05, 0.1) is 5.69 Å². The second-order valence-electron chi connectivity index (χ2n) is 5.47. The summed E-state index contributed by atoms with van der Waals surface area (Å²) in [7, 11) is 1.97. The van der Waals surface area contributed by atoms with E-state index in [0.29, 0.717) is 11.8 Å². The van der Waals surface area contributed by atoms with Gasteiger partial charge in [-0.25, -0.2) is 9.67 Å². The molecule has 18 heavy (non-hydrogen) atoms. The topological polar surface area (TPSA) is 46.5 Å². The first kappa shape index (κ1) is 11.5. The van der Waals surface area contributed by atoms with Crippen LogP contribution in [0.3, 0.4) is 0 Å². The van der Waals surface area contributed by atoms with E-state index < -0.39 is 0 Å². The van der Waals surface area contributed by atoms with Crippen molar-refractivity contribution in [2.24, 2.45) is 7.05 Å². The van der Waals surface area contributed by atoms with Crippen LogP contribution in [0.2, 0.25) is 0 Å². The quantitative estimate of drug-likeness (QED) is 0.824. The molecule has 0 spiro atoms. The zero-order valence-electron chi connectivity index (χ0n) is 11.3. The van der Waals surface area contributed by atoms with E-state index in [-0.39, 0.29) is 0 Å². The largest absolute Gasteiger partial charge is 0.339 e. The van der Waals surface area contributed by atoms with Crippen LogP contribution < -0.4 is 0 Å². The maximum absolute atomic E-state index is 4.75. The summed E-state index contributed by atoms with van der Waals surface area (Å²) in [5.41, 5.74) is 3.23. The summed E-state index contributed by atoms with van der Waals surface area (Å²) in [6.45, 7) is 4.34. The average molecular weight is 244 g/mol. The second kappa shape index (κ2) is 4.26. The van der Waals surface area contributed by atoms with Crippen molar-refractivity contribution in [3.8, 4) is 0 Å². The number of H-pyrrole nitrogens is 1. The molecule has 0 aromatic carbocycles. The molecule has 0 unspecified atom stereocenters. The molecule has 4 nitrogen and oxygen atoms in total. The third-order valence-corrected chi connectivity index (χ3v) is 3.73. The summed E-state index contributed by atoms with van der Waals surface area (Å²) in [5, 5.41) is 4.54. The molecule has 1 N–H and O–H groups in total. The Hall–Kier alpha value is -1.58. The minimum Gasteiger partial charge on any atom is -0.339 e. The third-order valence-electron chi connectivity index (χ3n) is 3.73. The van der Waals surface area contributed by atoms with Gasteiger partial charge in [0.2, 0.25) is 0 Å². The summed E-state index contributed by atoms with van der Waals surface area (Å²) in [6, 6.07) is 0. The Bertz CT molecular complexity index is 588. The van der Waals surface area contributed by atoms with Crippen LogP contribution in [-0.4, -0.2) is 19.7 Å². The van der Waals surface area contributed by atoms with E-state index in [1.165, 1.54) is 6.42 Å². The number of fused-ring (bicyclic) bond motifs is 1. The zero-order chi connectivity index (χ0) is 12.7. The molecular weight excluding hydrogens is 224 g/mol. The molecule has 1 atom stereocenters. The standard InChI is InChI=1S/C14H20N4/c1-9(2)11-12-14(18(3)17-11)16-13(15-12)10-7-5-4-6-8-10/h4-5,9-10H,6-8H2,1-3H3,(H,15,16)/t10-/m1/s1. The molecule has 2 aromatic rings. The van der Waals surface area contributed by atoms with Gasteiger partial charge in [0, 0.05) is 13.0 Å². The van der Waals surface area contributed by atoms with Gasteiger partial charge in [-0.1, -0.05) is 26.0 Å². The monoisotopic (exact) mass is 244 g/mol. The van der Waals surface area contributed by atoms with Crippen molar-refractivity contribution < 1.29 is 0 Å². The van der Waals surface area contributed by atoms with Crippen LogP contribution in [0.5, 0.6) is 0 Å². The highest BCUT2D eigenvalue weighted by Gasteiger charge is 2.21. The second-order valence-corrected chi connectivity index (χ2v) is 5.47. The van der Waals surface area contributed by atoms with Gasteiger partial charge < -0.3 is 4.98 Å². The lowest BCUT2D eigenvalue weighted by atomic mass is 9.94. The van der Waals surface area contributed by atoms with E-state index >= 15 is 0 Å². The van der Waals surface area contributed by atoms with Crippen molar-refractivity contribution >= 4 is 11.2 Å². The fraction of sp³-hybridized carbons (Fsp3) is 0.571. The molecule has 0 amide bonds. The molecule has 0 saturated heterocycles. The van der Waals surface area contributed by atoms with Gasteiger partial charge in [-0.05, 0) is 25.2 Å². The Morgan fingerprint density at radius 3 is 2.89 bits per heavy atom. The Morgan fingerprint density at radius 1 is 1.39 bits per heavy atom. The Labute approximate surface area is 107 Å². The van der Waals surface area contributed by atoms with Crippen LogP contribution in [0.4, 0.5) is 0 Å². The summed E-state index contributed by atoms with van der Waals surface area (Å²) in [5.74, 6) is 2.10. The number of imidazole rings is 1. The number of aryl methyl sites for hydroxylation is 1. The number of aromatic amines is 1. The molecule has 0 aliphatic heterocycles. The van der Waals surface area contributed by atoms with Crippen molar-refractivity contribution in [3.05, 3.63) is 23.7 Å². The van der Waals surface area contributed by atoms with Crippen molar-refractivity contribution in [2.75, 3.05) is 0 Å². The average Bonchev–Trinajstić information content (AvgIpc) is 2.91. The number of hydrogen-bond acceptors (Lipinski definition) is 2. The molecule has 0 bridgehead atoms. The third kappa shape index (κ3) is 1.76. The molecule has 3 rings (SSSR count). The van der Waals surface area contributed by atoms with E-state index in [1.54, 1.807) is 0 Å².